The molecule has 0 bridgehead atoms. The van der Waals surface area contributed by atoms with Crippen LogP contribution in [-0.4, -0.2) is 53.2 Å². The average Bonchev–Trinajstić information content (AvgIpc) is 2.56. The van der Waals surface area contributed by atoms with Crippen molar-refractivity contribution < 1.29 is 19.4 Å². The first kappa shape index (κ1) is 24.6. The van der Waals surface area contributed by atoms with Crippen LogP contribution >= 0.6 is 0 Å². The van der Waals surface area contributed by atoms with Crippen molar-refractivity contribution >= 4 is 47.6 Å². The van der Waals surface area contributed by atoms with Crippen molar-refractivity contribution in [2.45, 2.75) is 26.2 Å². The second kappa shape index (κ2) is 16.2. The van der Waals surface area contributed by atoms with Gasteiger partial charge in [0.1, 0.15) is 0 Å². The molecular weight excluding hydrogens is 315 g/mol. The van der Waals surface area contributed by atoms with Gasteiger partial charge in [0.15, 0.2) is 0 Å². The predicted molar refractivity (Wildman–Crippen MR) is 98.7 cm³/mol. The minimum atomic E-state index is -0.942. The van der Waals surface area contributed by atoms with Crippen LogP contribution in [0.3, 0.4) is 0 Å². The van der Waals surface area contributed by atoms with Gasteiger partial charge in [-0.15, -0.1) is 0 Å². The molecule has 0 heterocycles. The predicted octanol–water partition coefficient (Wildman–Crippen LogP) is 3.87. The standard InChI is InChI=1S/C12H12O2.C7H12O2.Na/c1-10(12(13)14)6-5-9-11-7-3-2-4-8-11;1-3-5-6-9-7(8)4-2;/h2-5,7-9H,1,6H2,(H,13,14);4H,2-3,5-6H2,1H3;. The van der Waals surface area contributed by atoms with Gasteiger partial charge in [-0.25, -0.2) is 9.59 Å². The molecule has 0 saturated heterocycles. The third-order valence-corrected chi connectivity index (χ3v) is 2.69. The number of rotatable bonds is 8. The Morgan fingerprint density at radius 2 is 1.88 bits per heavy atom. The van der Waals surface area contributed by atoms with Gasteiger partial charge in [0.2, 0.25) is 0 Å². The van der Waals surface area contributed by atoms with E-state index in [2.05, 4.69) is 17.9 Å². The van der Waals surface area contributed by atoms with E-state index >= 15 is 0 Å². The molecule has 4 nitrogen and oxygen atoms in total. The summed E-state index contributed by atoms with van der Waals surface area (Å²) in [6.07, 6.45) is 7.21. The summed E-state index contributed by atoms with van der Waals surface area (Å²) in [6, 6.07) is 9.73. The molecule has 1 aromatic carbocycles. The maximum absolute atomic E-state index is 10.4. The Morgan fingerprint density at radius 1 is 1.25 bits per heavy atom. The van der Waals surface area contributed by atoms with Crippen molar-refractivity contribution in [1.29, 1.82) is 0 Å². The molecule has 0 unspecified atom stereocenters. The number of esters is 1. The van der Waals surface area contributed by atoms with Crippen molar-refractivity contribution in [3.63, 3.8) is 0 Å². The van der Waals surface area contributed by atoms with Crippen molar-refractivity contribution in [3.8, 4) is 0 Å². The van der Waals surface area contributed by atoms with Gasteiger partial charge in [-0.1, -0.05) is 69.0 Å². The first-order valence-corrected chi connectivity index (χ1v) is 7.43. The number of hydrogen-bond donors (Lipinski definition) is 1. The monoisotopic (exact) mass is 339 g/mol. The minimum Gasteiger partial charge on any atom is -0.478 e. The smallest absolute Gasteiger partial charge is 0.331 e. The molecule has 1 rings (SSSR count). The van der Waals surface area contributed by atoms with Gasteiger partial charge in [0.05, 0.1) is 6.61 Å². The quantitative estimate of drug-likeness (QED) is 0.338. The molecule has 0 aliphatic carbocycles. The molecule has 24 heavy (non-hydrogen) atoms. The Kier molecular flexibility index (Phi) is 16.7. The first-order chi connectivity index (χ1) is 11.0. The SMILES string of the molecule is C=C(CC=Cc1ccccc1)C(=O)O.C=CC(=O)OCCCC.[Na]. The number of carboxylic acid groups (broad SMARTS) is 1. The number of ether oxygens (including phenoxy) is 1. The van der Waals surface area contributed by atoms with Crippen LogP contribution in [0.15, 0.2) is 61.2 Å². The fourth-order valence-corrected chi connectivity index (χ4v) is 1.36. The van der Waals surface area contributed by atoms with E-state index in [0.29, 0.717) is 13.0 Å². The average molecular weight is 339 g/mol. The van der Waals surface area contributed by atoms with Gasteiger partial charge in [0.25, 0.3) is 0 Å². The van der Waals surface area contributed by atoms with Crippen LogP contribution < -0.4 is 0 Å². The number of benzene rings is 1. The topological polar surface area (TPSA) is 63.6 Å². The molecule has 5 heteroatoms. The summed E-state index contributed by atoms with van der Waals surface area (Å²) in [5, 5.41) is 8.55. The molecule has 0 saturated carbocycles. The molecule has 0 amide bonds. The number of carbonyl (C=O) groups excluding carboxylic acids is 1. The van der Waals surface area contributed by atoms with Crippen LogP contribution in [0.1, 0.15) is 31.7 Å². The summed E-state index contributed by atoms with van der Waals surface area (Å²) in [6.45, 7) is 9.26. The van der Waals surface area contributed by atoms with Crippen molar-refractivity contribution in [1.82, 2.24) is 0 Å². The molecule has 0 atom stereocenters. The van der Waals surface area contributed by atoms with Crippen molar-refractivity contribution in [2.24, 2.45) is 0 Å². The maximum atomic E-state index is 10.4. The fraction of sp³-hybridized carbons (Fsp3) is 0.263. The van der Waals surface area contributed by atoms with E-state index in [9.17, 15) is 9.59 Å². The van der Waals surface area contributed by atoms with Gasteiger partial charge in [-0.2, -0.15) is 0 Å². The van der Waals surface area contributed by atoms with Gasteiger partial charge in [0, 0.05) is 41.2 Å². The molecular formula is C19H24NaO4. The number of unbranched alkanes of at least 4 members (excludes halogenated alkanes) is 1. The Bertz CT molecular complexity index is 536. The van der Waals surface area contributed by atoms with Crippen molar-refractivity contribution in [2.75, 3.05) is 6.61 Å². The molecule has 0 aliphatic heterocycles. The molecule has 0 spiro atoms. The molecule has 1 aromatic rings. The van der Waals surface area contributed by atoms with Crippen LogP contribution in [0.25, 0.3) is 6.08 Å². The number of hydrogen-bond acceptors (Lipinski definition) is 3. The maximum Gasteiger partial charge on any atom is 0.331 e. The number of carbonyl (C=O) groups is 2. The molecule has 1 radical (unpaired) electrons. The third kappa shape index (κ3) is 14.0. The summed E-state index contributed by atoms with van der Waals surface area (Å²) in [7, 11) is 0. The van der Waals surface area contributed by atoms with E-state index in [1.807, 2.05) is 43.3 Å². The van der Waals surface area contributed by atoms with Gasteiger partial charge in [-0.05, 0) is 18.4 Å². The molecule has 0 fully saturated rings. The summed E-state index contributed by atoms with van der Waals surface area (Å²) in [4.78, 5) is 20.8. The summed E-state index contributed by atoms with van der Waals surface area (Å²) >= 11 is 0. The second-order valence-electron chi connectivity index (χ2n) is 4.65. The summed E-state index contributed by atoms with van der Waals surface area (Å²) in [5.74, 6) is -1.27. The van der Waals surface area contributed by atoms with E-state index < -0.39 is 5.97 Å². The molecule has 0 aliphatic rings. The van der Waals surface area contributed by atoms with E-state index in [1.165, 1.54) is 6.08 Å². The van der Waals surface area contributed by atoms with E-state index in [4.69, 9.17) is 5.11 Å². The van der Waals surface area contributed by atoms with Crippen LogP contribution in [0.4, 0.5) is 0 Å². The van der Waals surface area contributed by atoms with Crippen LogP contribution in [-0.2, 0) is 14.3 Å². The zero-order valence-corrected chi connectivity index (χ0v) is 16.5. The van der Waals surface area contributed by atoms with Crippen LogP contribution in [0, 0.1) is 0 Å². The molecule has 1 N–H and O–H groups in total. The number of allylic oxidation sites excluding steroid dienone is 1. The normalized spacial score (nSPS) is 9.21. The van der Waals surface area contributed by atoms with Gasteiger partial charge >= 0.3 is 11.9 Å². The summed E-state index contributed by atoms with van der Waals surface area (Å²) in [5.41, 5.74) is 1.27. The minimum absolute atomic E-state index is 0. The third-order valence-electron chi connectivity index (χ3n) is 2.69. The number of aliphatic carboxylic acids is 1. The Balaban J connectivity index is 0. The second-order valence-corrected chi connectivity index (χ2v) is 4.65. The zero-order valence-electron chi connectivity index (χ0n) is 14.5. The number of carboxylic acids is 1. The van der Waals surface area contributed by atoms with E-state index in [0.717, 1.165) is 18.4 Å². The largest absolute Gasteiger partial charge is 0.478 e. The van der Waals surface area contributed by atoms with Crippen LogP contribution in [0.5, 0.6) is 0 Å². The Morgan fingerprint density at radius 3 is 2.38 bits per heavy atom. The first-order valence-electron chi connectivity index (χ1n) is 7.43. The van der Waals surface area contributed by atoms with Gasteiger partial charge in [-0.3, -0.25) is 0 Å². The van der Waals surface area contributed by atoms with E-state index in [-0.39, 0.29) is 41.1 Å². The summed E-state index contributed by atoms with van der Waals surface area (Å²) < 4.78 is 4.67. The molecule has 125 valence electrons. The van der Waals surface area contributed by atoms with E-state index in [1.54, 1.807) is 6.08 Å². The van der Waals surface area contributed by atoms with Crippen LogP contribution in [0.2, 0.25) is 0 Å². The Hall–Kier alpha value is -1.62. The Labute approximate surface area is 166 Å². The molecule has 0 aromatic heterocycles. The van der Waals surface area contributed by atoms with Gasteiger partial charge < -0.3 is 9.84 Å². The zero-order chi connectivity index (χ0) is 17.5. The van der Waals surface area contributed by atoms with Crippen molar-refractivity contribution in [3.05, 3.63) is 66.8 Å². The fourth-order valence-electron chi connectivity index (χ4n) is 1.36.